The van der Waals surface area contributed by atoms with Gasteiger partial charge in [0.05, 0.1) is 12.2 Å². The molecular formula is C24H28ClN7O. The van der Waals surface area contributed by atoms with Gasteiger partial charge in [0.15, 0.2) is 5.82 Å². The molecule has 0 radical (unpaired) electrons. The van der Waals surface area contributed by atoms with Gasteiger partial charge in [0.1, 0.15) is 10.8 Å². The van der Waals surface area contributed by atoms with E-state index in [9.17, 15) is 4.79 Å². The van der Waals surface area contributed by atoms with Gasteiger partial charge in [-0.3, -0.25) is 14.1 Å². The van der Waals surface area contributed by atoms with Crippen LogP contribution in [0, 0.1) is 0 Å². The predicted molar refractivity (Wildman–Crippen MR) is 129 cm³/mol. The van der Waals surface area contributed by atoms with Gasteiger partial charge in [0.2, 0.25) is 0 Å². The normalized spacial score (nSPS) is 11.4. The molecule has 0 aliphatic carbocycles. The van der Waals surface area contributed by atoms with Crippen LogP contribution in [0.1, 0.15) is 57.3 Å². The Kier molecular flexibility index (Phi) is 7.03. The van der Waals surface area contributed by atoms with Gasteiger partial charge in [-0.25, -0.2) is 9.89 Å². The standard InChI is InChI=1S/C24H28ClN7O/c1-4-5-6-9-20-22(25)32(16(2)3)24(33)31(20)15-17-10-12-18(13-11-17)19-8-7-14-26-21(19)23-27-29-30-28-23/h7-8,10-14,16H,4-6,9,15H2,1-3H3,(H,27,28,29,30). The van der Waals surface area contributed by atoms with Gasteiger partial charge in [-0.2, -0.15) is 0 Å². The van der Waals surface area contributed by atoms with E-state index in [2.05, 4.69) is 32.5 Å². The maximum absolute atomic E-state index is 13.2. The lowest BCUT2D eigenvalue weighted by molar-refractivity contribution is 0.560. The van der Waals surface area contributed by atoms with Gasteiger partial charge in [-0.1, -0.05) is 61.7 Å². The second kappa shape index (κ2) is 10.1. The van der Waals surface area contributed by atoms with E-state index in [-0.39, 0.29) is 11.7 Å². The minimum absolute atomic E-state index is 0.00753. The zero-order chi connectivity index (χ0) is 23.4. The van der Waals surface area contributed by atoms with Crippen LogP contribution in [0.15, 0.2) is 47.4 Å². The summed E-state index contributed by atoms with van der Waals surface area (Å²) in [6.07, 6.45) is 5.75. The van der Waals surface area contributed by atoms with Crippen molar-refractivity contribution in [1.29, 1.82) is 0 Å². The van der Waals surface area contributed by atoms with Crippen molar-refractivity contribution in [1.82, 2.24) is 34.7 Å². The van der Waals surface area contributed by atoms with Crippen molar-refractivity contribution < 1.29 is 0 Å². The van der Waals surface area contributed by atoms with Crippen molar-refractivity contribution in [2.75, 3.05) is 0 Å². The molecule has 0 aliphatic rings. The maximum Gasteiger partial charge on any atom is 0.330 e. The molecule has 0 unspecified atom stereocenters. The molecule has 33 heavy (non-hydrogen) atoms. The third kappa shape index (κ3) is 4.75. The Morgan fingerprint density at radius 2 is 1.91 bits per heavy atom. The highest BCUT2D eigenvalue weighted by Gasteiger charge is 2.20. The minimum Gasteiger partial charge on any atom is -0.290 e. The molecule has 1 aromatic carbocycles. The number of aromatic nitrogens is 7. The predicted octanol–water partition coefficient (Wildman–Crippen LogP) is 4.91. The number of nitrogens with one attached hydrogen (secondary N) is 1. The molecule has 1 N–H and O–H groups in total. The van der Waals surface area contributed by atoms with Crippen molar-refractivity contribution in [3.05, 3.63) is 69.5 Å². The van der Waals surface area contributed by atoms with E-state index in [1.54, 1.807) is 10.8 Å². The van der Waals surface area contributed by atoms with Gasteiger partial charge in [-0.05, 0) is 54.3 Å². The van der Waals surface area contributed by atoms with Crippen LogP contribution in [0.2, 0.25) is 5.15 Å². The fourth-order valence-electron chi connectivity index (χ4n) is 4.03. The summed E-state index contributed by atoms with van der Waals surface area (Å²) in [7, 11) is 0. The number of H-pyrrole nitrogens is 1. The monoisotopic (exact) mass is 465 g/mol. The summed E-state index contributed by atoms with van der Waals surface area (Å²) >= 11 is 6.66. The smallest absolute Gasteiger partial charge is 0.290 e. The summed E-state index contributed by atoms with van der Waals surface area (Å²) < 4.78 is 3.51. The Morgan fingerprint density at radius 1 is 1.12 bits per heavy atom. The van der Waals surface area contributed by atoms with Crippen molar-refractivity contribution in [2.45, 2.75) is 59.0 Å². The van der Waals surface area contributed by atoms with Crippen LogP contribution >= 0.6 is 11.6 Å². The lowest BCUT2D eigenvalue weighted by Crippen LogP contribution is -2.26. The van der Waals surface area contributed by atoms with Crippen molar-refractivity contribution in [2.24, 2.45) is 0 Å². The first-order valence-electron chi connectivity index (χ1n) is 11.3. The van der Waals surface area contributed by atoms with E-state index in [4.69, 9.17) is 11.6 Å². The van der Waals surface area contributed by atoms with E-state index in [1.165, 1.54) is 0 Å². The van der Waals surface area contributed by atoms with E-state index >= 15 is 0 Å². The number of aromatic amines is 1. The quantitative estimate of drug-likeness (QED) is 0.354. The molecule has 0 fully saturated rings. The van der Waals surface area contributed by atoms with Crippen molar-refractivity contribution >= 4 is 11.6 Å². The Morgan fingerprint density at radius 3 is 2.58 bits per heavy atom. The van der Waals surface area contributed by atoms with Crippen LogP contribution < -0.4 is 5.69 Å². The van der Waals surface area contributed by atoms with Crippen LogP contribution in [0.4, 0.5) is 0 Å². The fraction of sp³-hybridized carbons (Fsp3) is 0.375. The number of hydrogen-bond acceptors (Lipinski definition) is 5. The number of pyridine rings is 1. The summed E-state index contributed by atoms with van der Waals surface area (Å²) in [6, 6.07) is 12.0. The molecule has 0 saturated heterocycles. The molecule has 3 aromatic heterocycles. The molecule has 9 heteroatoms. The molecule has 3 heterocycles. The maximum atomic E-state index is 13.2. The SMILES string of the molecule is CCCCCc1c(Cl)n(C(C)C)c(=O)n1Cc1ccc(-c2cccnc2-c2nnn[nH]2)cc1. The van der Waals surface area contributed by atoms with E-state index in [0.717, 1.165) is 48.1 Å². The number of benzene rings is 1. The number of unbranched alkanes of at least 4 members (excludes halogenated alkanes) is 2. The molecule has 0 spiro atoms. The first-order chi connectivity index (χ1) is 16.0. The number of imidazole rings is 1. The van der Waals surface area contributed by atoms with Gasteiger partial charge in [-0.15, -0.1) is 5.10 Å². The average molecular weight is 466 g/mol. The zero-order valence-electron chi connectivity index (χ0n) is 19.1. The minimum atomic E-state index is -0.0575. The highest BCUT2D eigenvalue weighted by atomic mass is 35.5. The first kappa shape index (κ1) is 22.9. The summed E-state index contributed by atoms with van der Waals surface area (Å²) in [6.45, 7) is 6.61. The number of tetrazole rings is 1. The average Bonchev–Trinajstić information content (AvgIpc) is 3.43. The van der Waals surface area contributed by atoms with Crippen molar-refractivity contribution in [3.8, 4) is 22.6 Å². The summed E-state index contributed by atoms with van der Waals surface area (Å²) in [5.74, 6) is 0.516. The molecule has 0 atom stereocenters. The highest BCUT2D eigenvalue weighted by molar-refractivity contribution is 6.30. The molecular weight excluding hydrogens is 438 g/mol. The number of nitrogens with zero attached hydrogens (tertiary/aromatic N) is 6. The lowest BCUT2D eigenvalue weighted by Gasteiger charge is -2.10. The molecule has 172 valence electrons. The highest BCUT2D eigenvalue weighted by Crippen LogP contribution is 2.28. The Hall–Kier alpha value is -3.26. The molecule has 8 nitrogen and oxygen atoms in total. The Labute approximate surface area is 197 Å². The summed E-state index contributed by atoms with van der Waals surface area (Å²) in [4.78, 5) is 17.6. The van der Waals surface area contributed by atoms with Gasteiger partial charge in [0, 0.05) is 17.8 Å². The molecule has 4 aromatic rings. The molecule has 0 aliphatic heterocycles. The Balaban J connectivity index is 1.65. The van der Waals surface area contributed by atoms with Gasteiger partial charge < -0.3 is 0 Å². The Bertz CT molecular complexity index is 1260. The largest absolute Gasteiger partial charge is 0.330 e. The van der Waals surface area contributed by atoms with Crippen LogP contribution in [0.5, 0.6) is 0 Å². The van der Waals surface area contributed by atoms with E-state index in [1.807, 2.05) is 54.8 Å². The van der Waals surface area contributed by atoms with Gasteiger partial charge in [0.25, 0.3) is 0 Å². The number of hydrogen-bond donors (Lipinski definition) is 1. The topological polar surface area (TPSA) is 94.3 Å². The zero-order valence-corrected chi connectivity index (χ0v) is 19.9. The second-order valence-electron chi connectivity index (χ2n) is 8.37. The summed E-state index contributed by atoms with van der Waals surface area (Å²) in [5, 5.41) is 14.6. The summed E-state index contributed by atoms with van der Waals surface area (Å²) in [5.41, 5.74) is 4.49. The van der Waals surface area contributed by atoms with Crippen LogP contribution in [0.25, 0.3) is 22.6 Å². The molecule has 0 amide bonds. The van der Waals surface area contributed by atoms with Crippen molar-refractivity contribution in [3.63, 3.8) is 0 Å². The van der Waals surface area contributed by atoms with E-state index < -0.39 is 0 Å². The number of halogens is 1. The fourth-order valence-corrected chi connectivity index (χ4v) is 4.49. The van der Waals surface area contributed by atoms with Crippen LogP contribution in [-0.4, -0.2) is 34.7 Å². The lowest BCUT2D eigenvalue weighted by atomic mass is 10.0. The van der Waals surface area contributed by atoms with Crippen LogP contribution in [0.3, 0.4) is 0 Å². The second-order valence-corrected chi connectivity index (χ2v) is 8.73. The number of rotatable bonds is 9. The molecule has 0 saturated carbocycles. The molecule has 4 rings (SSSR count). The van der Waals surface area contributed by atoms with Gasteiger partial charge >= 0.3 is 5.69 Å². The van der Waals surface area contributed by atoms with E-state index in [0.29, 0.717) is 23.2 Å². The van der Waals surface area contributed by atoms with Crippen LogP contribution in [-0.2, 0) is 13.0 Å². The third-order valence-corrected chi connectivity index (χ3v) is 6.13. The first-order valence-corrected chi connectivity index (χ1v) is 11.7. The molecule has 0 bridgehead atoms. The third-order valence-electron chi connectivity index (χ3n) is 5.73.